The number of hydrogen-bond donors (Lipinski definition) is 1. The third-order valence-corrected chi connectivity index (χ3v) is 3.57. The van der Waals surface area contributed by atoms with Gasteiger partial charge in [0.1, 0.15) is 0 Å². The quantitative estimate of drug-likeness (QED) is 0.664. The Labute approximate surface area is 94.8 Å². The van der Waals surface area contributed by atoms with Crippen LogP contribution >= 0.6 is 0 Å². The molecule has 1 heterocycles. The van der Waals surface area contributed by atoms with Crippen molar-refractivity contribution in [2.75, 3.05) is 46.8 Å². The van der Waals surface area contributed by atoms with E-state index in [2.05, 4.69) is 43.1 Å². The molecule has 90 valence electrons. The zero-order chi connectivity index (χ0) is 11.3. The van der Waals surface area contributed by atoms with E-state index in [0.29, 0.717) is 0 Å². The Hall–Kier alpha value is -0.120. The second kappa shape index (κ2) is 5.83. The molecule has 0 aromatic rings. The van der Waals surface area contributed by atoms with Gasteiger partial charge in [-0.05, 0) is 53.9 Å². The lowest BCUT2D eigenvalue weighted by atomic mass is 10.0. The van der Waals surface area contributed by atoms with E-state index in [1.165, 1.54) is 32.5 Å². The average Bonchev–Trinajstić information content (AvgIpc) is 2.64. The highest BCUT2D eigenvalue weighted by Gasteiger charge is 2.19. The standard InChI is InChI=1S/C12H27N3/c1-12(2,14(3)4)11-13-7-10-15-8-5-6-9-15/h13H,5-11H2,1-4H3. The summed E-state index contributed by atoms with van der Waals surface area (Å²) in [6, 6.07) is 0. The van der Waals surface area contributed by atoms with E-state index in [9.17, 15) is 0 Å². The van der Waals surface area contributed by atoms with Crippen LogP contribution in [0.15, 0.2) is 0 Å². The number of likely N-dealkylation sites (N-methyl/N-ethyl adjacent to an activating group) is 1. The van der Waals surface area contributed by atoms with Crippen LogP contribution in [0.4, 0.5) is 0 Å². The molecule has 0 amide bonds. The summed E-state index contributed by atoms with van der Waals surface area (Å²) >= 11 is 0. The van der Waals surface area contributed by atoms with Crippen LogP contribution in [0.2, 0.25) is 0 Å². The van der Waals surface area contributed by atoms with Gasteiger partial charge < -0.3 is 15.1 Å². The number of nitrogens with one attached hydrogen (secondary N) is 1. The summed E-state index contributed by atoms with van der Waals surface area (Å²) in [4.78, 5) is 4.82. The maximum absolute atomic E-state index is 3.55. The van der Waals surface area contributed by atoms with Gasteiger partial charge in [0.05, 0.1) is 0 Å². The molecule has 0 aromatic carbocycles. The minimum Gasteiger partial charge on any atom is -0.314 e. The molecule has 3 nitrogen and oxygen atoms in total. The van der Waals surface area contributed by atoms with Crippen LogP contribution in [0.1, 0.15) is 26.7 Å². The smallest absolute Gasteiger partial charge is 0.0271 e. The lowest BCUT2D eigenvalue weighted by Crippen LogP contribution is -2.47. The van der Waals surface area contributed by atoms with Gasteiger partial charge in [-0.25, -0.2) is 0 Å². The Kier molecular flexibility index (Phi) is 5.03. The number of nitrogens with zero attached hydrogens (tertiary/aromatic N) is 2. The fraction of sp³-hybridized carbons (Fsp3) is 1.00. The van der Waals surface area contributed by atoms with Gasteiger partial charge in [-0.2, -0.15) is 0 Å². The Balaban J connectivity index is 2.05. The lowest BCUT2D eigenvalue weighted by Gasteiger charge is -2.33. The topological polar surface area (TPSA) is 18.5 Å². The molecule has 0 atom stereocenters. The fourth-order valence-corrected chi connectivity index (χ4v) is 1.80. The van der Waals surface area contributed by atoms with Gasteiger partial charge in [0.2, 0.25) is 0 Å². The van der Waals surface area contributed by atoms with E-state index in [-0.39, 0.29) is 5.54 Å². The first kappa shape index (κ1) is 12.9. The van der Waals surface area contributed by atoms with Crippen molar-refractivity contribution in [1.82, 2.24) is 15.1 Å². The third-order valence-electron chi connectivity index (χ3n) is 3.57. The van der Waals surface area contributed by atoms with Crippen molar-refractivity contribution in [3.8, 4) is 0 Å². The highest BCUT2D eigenvalue weighted by Crippen LogP contribution is 2.08. The summed E-state index contributed by atoms with van der Waals surface area (Å²) in [5.74, 6) is 0. The van der Waals surface area contributed by atoms with Gasteiger partial charge in [0.15, 0.2) is 0 Å². The summed E-state index contributed by atoms with van der Waals surface area (Å²) in [5.41, 5.74) is 0.255. The molecule has 0 bridgehead atoms. The molecule has 1 N–H and O–H groups in total. The van der Waals surface area contributed by atoms with Crippen molar-refractivity contribution in [3.05, 3.63) is 0 Å². The molecule has 0 radical (unpaired) electrons. The molecule has 3 heteroatoms. The van der Waals surface area contributed by atoms with Crippen molar-refractivity contribution in [3.63, 3.8) is 0 Å². The zero-order valence-corrected chi connectivity index (χ0v) is 10.8. The van der Waals surface area contributed by atoms with Crippen LogP contribution in [0.3, 0.4) is 0 Å². The highest BCUT2D eigenvalue weighted by atomic mass is 15.2. The minimum absolute atomic E-state index is 0.255. The Morgan fingerprint density at radius 2 is 1.80 bits per heavy atom. The molecule has 1 aliphatic rings. The van der Waals surface area contributed by atoms with E-state index in [4.69, 9.17) is 0 Å². The van der Waals surface area contributed by atoms with Crippen molar-refractivity contribution >= 4 is 0 Å². The van der Waals surface area contributed by atoms with Crippen molar-refractivity contribution in [2.24, 2.45) is 0 Å². The van der Waals surface area contributed by atoms with Crippen LogP contribution in [-0.4, -0.2) is 62.2 Å². The van der Waals surface area contributed by atoms with Gasteiger partial charge in [-0.1, -0.05) is 0 Å². The van der Waals surface area contributed by atoms with Crippen LogP contribution in [0.25, 0.3) is 0 Å². The summed E-state index contributed by atoms with van der Waals surface area (Å²) in [6.07, 6.45) is 2.78. The van der Waals surface area contributed by atoms with Gasteiger partial charge in [0, 0.05) is 25.2 Å². The number of rotatable bonds is 6. The maximum atomic E-state index is 3.55. The highest BCUT2D eigenvalue weighted by molar-refractivity contribution is 4.79. The first-order valence-corrected chi connectivity index (χ1v) is 6.13. The van der Waals surface area contributed by atoms with Crippen molar-refractivity contribution in [1.29, 1.82) is 0 Å². The SMILES string of the molecule is CN(C)C(C)(C)CNCCN1CCCC1. The molecule has 0 saturated carbocycles. The second-order valence-electron chi connectivity index (χ2n) is 5.43. The summed E-state index contributed by atoms with van der Waals surface area (Å²) in [5, 5.41) is 3.55. The molecule has 0 spiro atoms. The van der Waals surface area contributed by atoms with Crippen LogP contribution < -0.4 is 5.32 Å². The van der Waals surface area contributed by atoms with E-state index in [1.807, 2.05) is 0 Å². The summed E-state index contributed by atoms with van der Waals surface area (Å²) in [7, 11) is 4.28. The molecule has 1 rings (SSSR count). The molecule has 0 unspecified atom stereocenters. The molecule has 0 aromatic heterocycles. The first-order chi connectivity index (χ1) is 7.02. The van der Waals surface area contributed by atoms with E-state index >= 15 is 0 Å². The van der Waals surface area contributed by atoms with E-state index < -0.39 is 0 Å². The summed E-state index contributed by atoms with van der Waals surface area (Å²) in [6.45, 7) is 10.6. The van der Waals surface area contributed by atoms with Crippen molar-refractivity contribution in [2.45, 2.75) is 32.2 Å². The normalized spacial score (nSPS) is 19.0. The van der Waals surface area contributed by atoms with E-state index in [1.54, 1.807) is 0 Å². The number of hydrogen-bond acceptors (Lipinski definition) is 3. The minimum atomic E-state index is 0.255. The largest absolute Gasteiger partial charge is 0.314 e. The maximum Gasteiger partial charge on any atom is 0.0271 e. The predicted octanol–water partition coefficient (Wildman–Crippen LogP) is 1.01. The third kappa shape index (κ3) is 4.49. The lowest BCUT2D eigenvalue weighted by molar-refractivity contribution is 0.188. The summed E-state index contributed by atoms with van der Waals surface area (Å²) < 4.78 is 0. The Bertz CT molecular complexity index is 172. The molecule has 15 heavy (non-hydrogen) atoms. The van der Waals surface area contributed by atoms with Gasteiger partial charge in [-0.15, -0.1) is 0 Å². The van der Waals surface area contributed by atoms with Gasteiger partial charge in [0.25, 0.3) is 0 Å². The average molecular weight is 213 g/mol. The van der Waals surface area contributed by atoms with Crippen LogP contribution in [-0.2, 0) is 0 Å². The molecule has 1 aliphatic heterocycles. The van der Waals surface area contributed by atoms with E-state index in [0.717, 1.165) is 13.1 Å². The predicted molar refractivity (Wildman–Crippen MR) is 66.3 cm³/mol. The van der Waals surface area contributed by atoms with Gasteiger partial charge in [-0.3, -0.25) is 0 Å². The van der Waals surface area contributed by atoms with Gasteiger partial charge >= 0.3 is 0 Å². The Morgan fingerprint density at radius 3 is 2.33 bits per heavy atom. The molecular formula is C12H27N3. The Morgan fingerprint density at radius 1 is 1.20 bits per heavy atom. The monoisotopic (exact) mass is 213 g/mol. The molecule has 1 fully saturated rings. The molecule has 0 aliphatic carbocycles. The molecular weight excluding hydrogens is 186 g/mol. The first-order valence-electron chi connectivity index (χ1n) is 6.13. The second-order valence-corrected chi connectivity index (χ2v) is 5.43. The molecule has 1 saturated heterocycles. The van der Waals surface area contributed by atoms with Crippen LogP contribution in [0, 0.1) is 0 Å². The van der Waals surface area contributed by atoms with Crippen molar-refractivity contribution < 1.29 is 0 Å². The number of likely N-dealkylation sites (tertiary alicyclic amines) is 1. The van der Waals surface area contributed by atoms with Crippen LogP contribution in [0.5, 0.6) is 0 Å². The zero-order valence-electron chi connectivity index (χ0n) is 10.8. The fourth-order valence-electron chi connectivity index (χ4n) is 1.80.